The molecule has 98 valence electrons. The number of aromatic amines is 1. The highest BCUT2D eigenvalue weighted by atomic mass is 32.1. The second-order valence-corrected chi connectivity index (χ2v) is 4.88. The summed E-state index contributed by atoms with van der Waals surface area (Å²) < 4.78 is 5.34. The van der Waals surface area contributed by atoms with Gasteiger partial charge in [-0.05, 0) is 24.2 Å². The van der Waals surface area contributed by atoms with E-state index in [1.165, 1.54) is 0 Å². The number of aromatic nitrogens is 2. The molecule has 0 bridgehead atoms. The van der Waals surface area contributed by atoms with Crippen LogP contribution in [0.3, 0.4) is 0 Å². The molecule has 2 heterocycles. The van der Waals surface area contributed by atoms with Crippen molar-refractivity contribution in [2.45, 2.75) is 25.4 Å². The predicted octanol–water partition coefficient (Wildman–Crippen LogP) is 2.60. The fourth-order valence-electron chi connectivity index (χ4n) is 2.35. The number of hydrogen-bond donors (Lipinski definition) is 1. The normalized spacial score (nSPS) is 19.1. The van der Waals surface area contributed by atoms with Crippen LogP contribution in [0.5, 0.6) is 0 Å². The van der Waals surface area contributed by atoms with Gasteiger partial charge in [-0.2, -0.15) is 0 Å². The lowest BCUT2D eigenvalue weighted by Gasteiger charge is -2.22. The quantitative estimate of drug-likeness (QED) is 0.875. The number of hydrogen-bond acceptors (Lipinski definition) is 4. The number of rotatable bonds is 3. The molecule has 5 nitrogen and oxygen atoms in total. The Bertz CT molecular complexity index is 635. The highest BCUT2D eigenvalue weighted by Gasteiger charge is 2.35. The third-order valence-electron chi connectivity index (χ3n) is 3.26. The van der Waals surface area contributed by atoms with Gasteiger partial charge in [0.05, 0.1) is 0 Å². The van der Waals surface area contributed by atoms with Crippen LogP contribution in [0, 0.1) is 4.84 Å². The molecule has 1 N–H and O–H groups in total. The minimum absolute atomic E-state index is 0.123. The van der Waals surface area contributed by atoms with Gasteiger partial charge < -0.3 is 9.32 Å². The summed E-state index contributed by atoms with van der Waals surface area (Å²) in [6, 6.07) is 9.77. The molecule has 1 amide bonds. The highest BCUT2D eigenvalue weighted by molar-refractivity contribution is 7.71. The fraction of sp³-hybridized carbons (Fsp3) is 0.308. The summed E-state index contributed by atoms with van der Waals surface area (Å²) in [6.45, 7) is 0.569. The molecular weight excluding hydrogens is 262 g/mol. The first-order chi connectivity index (χ1) is 9.24. The van der Waals surface area contributed by atoms with E-state index in [2.05, 4.69) is 10.2 Å². The van der Waals surface area contributed by atoms with E-state index >= 15 is 0 Å². The van der Waals surface area contributed by atoms with Gasteiger partial charge in [0.2, 0.25) is 11.8 Å². The van der Waals surface area contributed by atoms with Crippen LogP contribution in [-0.2, 0) is 11.3 Å². The minimum Gasteiger partial charge on any atom is -0.412 e. The van der Waals surface area contributed by atoms with Gasteiger partial charge in [0.15, 0.2) is 0 Å². The van der Waals surface area contributed by atoms with Gasteiger partial charge in [-0.3, -0.25) is 4.79 Å². The standard InChI is InChI=1S/C13H13N3O2S/c17-11-7-6-10(12-14-15-13(19)18-12)16(11)8-9-4-2-1-3-5-9/h1-5,10H,6-8H2,(H,15,19)/t10-/m0/s1. The Hall–Kier alpha value is -1.95. The molecule has 1 aromatic heterocycles. The van der Waals surface area contributed by atoms with Gasteiger partial charge in [-0.25, -0.2) is 5.10 Å². The summed E-state index contributed by atoms with van der Waals surface area (Å²) in [5, 5.41) is 6.64. The molecule has 2 aromatic rings. The first-order valence-electron chi connectivity index (χ1n) is 6.13. The van der Waals surface area contributed by atoms with Crippen molar-refractivity contribution in [1.82, 2.24) is 15.1 Å². The zero-order chi connectivity index (χ0) is 13.2. The van der Waals surface area contributed by atoms with Crippen LogP contribution in [0.25, 0.3) is 0 Å². The molecule has 1 aliphatic heterocycles. The maximum atomic E-state index is 12.0. The zero-order valence-electron chi connectivity index (χ0n) is 10.2. The molecule has 0 radical (unpaired) electrons. The third-order valence-corrected chi connectivity index (χ3v) is 3.44. The average Bonchev–Trinajstić information content (AvgIpc) is 2.99. The van der Waals surface area contributed by atoms with Crippen molar-refractivity contribution in [3.8, 4) is 0 Å². The van der Waals surface area contributed by atoms with Crippen molar-refractivity contribution < 1.29 is 9.21 Å². The number of benzene rings is 1. The summed E-state index contributed by atoms with van der Waals surface area (Å²) in [6.07, 6.45) is 1.24. The molecule has 0 saturated carbocycles. The average molecular weight is 275 g/mol. The Morgan fingerprint density at radius 1 is 1.42 bits per heavy atom. The van der Waals surface area contributed by atoms with E-state index in [0.717, 1.165) is 12.0 Å². The lowest BCUT2D eigenvalue weighted by Crippen LogP contribution is -2.27. The van der Waals surface area contributed by atoms with Crippen LogP contribution in [0.1, 0.15) is 30.3 Å². The molecule has 1 fully saturated rings. The lowest BCUT2D eigenvalue weighted by molar-refractivity contribution is -0.129. The first kappa shape index (κ1) is 12.1. The number of nitrogens with one attached hydrogen (secondary N) is 1. The summed E-state index contributed by atoms with van der Waals surface area (Å²) in [5.74, 6) is 0.616. The number of likely N-dealkylation sites (tertiary alicyclic amines) is 1. The Balaban J connectivity index is 1.85. The van der Waals surface area contributed by atoms with Gasteiger partial charge >= 0.3 is 0 Å². The van der Waals surface area contributed by atoms with Gasteiger partial charge in [-0.1, -0.05) is 30.3 Å². The predicted molar refractivity (Wildman–Crippen MR) is 70.7 cm³/mol. The van der Waals surface area contributed by atoms with E-state index in [1.54, 1.807) is 4.90 Å². The number of carbonyl (C=O) groups is 1. The molecule has 0 unspecified atom stereocenters. The van der Waals surface area contributed by atoms with Gasteiger partial charge in [0.1, 0.15) is 6.04 Å². The van der Waals surface area contributed by atoms with E-state index in [1.807, 2.05) is 30.3 Å². The third kappa shape index (κ3) is 2.44. The van der Waals surface area contributed by atoms with Crippen molar-refractivity contribution in [1.29, 1.82) is 0 Å². The maximum absolute atomic E-state index is 12.0. The van der Waals surface area contributed by atoms with Crippen molar-refractivity contribution in [2.75, 3.05) is 0 Å². The number of nitrogens with zero attached hydrogens (tertiary/aromatic N) is 2. The summed E-state index contributed by atoms with van der Waals surface area (Å²) >= 11 is 4.88. The van der Waals surface area contributed by atoms with Crippen LogP contribution < -0.4 is 0 Å². The van der Waals surface area contributed by atoms with Gasteiger partial charge in [-0.15, -0.1) is 5.10 Å². The maximum Gasteiger partial charge on any atom is 0.284 e. The molecule has 3 rings (SSSR count). The number of amides is 1. The van der Waals surface area contributed by atoms with Crippen molar-refractivity contribution in [2.24, 2.45) is 0 Å². The second kappa shape index (κ2) is 4.97. The van der Waals surface area contributed by atoms with Crippen LogP contribution in [0.2, 0.25) is 0 Å². The minimum atomic E-state index is -0.124. The second-order valence-electron chi connectivity index (χ2n) is 4.51. The van der Waals surface area contributed by atoms with Crippen molar-refractivity contribution >= 4 is 18.1 Å². The van der Waals surface area contributed by atoms with E-state index < -0.39 is 0 Å². The lowest BCUT2D eigenvalue weighted by atomic mass is 10.2. The smallest absolute Gasteiger partial charge is 0.284 e. The van der Waals surface area contributed by atoms with E-state index in [-0.39, 0.29) is 16.8 Å². The molecule has 19 heavy (non-hydrogen) atoms. The Morgan fingerprint density at radius 3 is 2.89 bits per heavy atom. The molecule has 6 heteroatoms. The topological polar surface area (TPSA) is 62.1 Å². The number of H-pyrrole nitrogens is 1. The van der Waals surface area contributed by atoms with Gasteiger partial charge in [0.25, 0.3) is 4.84 Å². The number of carbonyl (C=O) groups excluding carboxylic acids is 1. The van der Waals surface area contributed by atoms with Crippen LogP contribution >= 0.6 is 12.2 Å². The Kier molecular flexibility index (Phi) is 3.16. The Labute approximate surface area is 115 Å². The van der Waals surface area contributed by atoms with Crippen molar-refractivity contribution in [3.63, 3.8) is 0 Å². The molecule has 0 spiro atoms. The Morgan fingerprint density at radius 2 is 2.21 bits per heavy atom. The monoisotopic (exact) mass is 275 g/mol. The molecule has 1 atom stereocenters. The fourth-order valence-corrected chi connectivity index (χ4v) is 2.48. The molecular formula is C13H13N3O2S. The van der Waals surface area contributed by atoms with Crippen LogP contribution in [-0.4, -0.2) is 21.0 Å². The highest BCUT2D eigenvalue weighted by Crippen LogP contribution is 2.32. The molecule has 1 saturated heterocycles. The molecule has 1 aromatic carbocycles. The largest absolute Gasteiger partial charge is 0.412 e. The van der Waals surface area contributed by atoms with E-state index in [4.69, 9.17) is 16.6 Å². The summed E-state index contributed by atoms with van der Waals surface area (Å²) in [5.41, 5.74) is 1.09. The van der Waals surface area contributed by atoms with Gasteiger partial charge in [0, 0.05) is 13.0 Å². The van der Waals surface area contributed by atoms with Crippen LogP contribution in [0.4, 0.5) is 0 Å². The molecule has 0 aliphatic carbocycles. The summed E-state index contributed by atoms with van der Waals surface area (Å²) in [7, 11) is 0. The van der Waals surface area contributed by atoms with Crippen molar-refractivity contribution in [3.05, 3.63) is 46.6 Å². The zero-order valence-corrected chi connectivity index (χ0v) is 11.0. The van der Waals surface area contributed by atoms with E-state index in [9.17, 15) is 4.79 Å². The first-order valence-corrected chi connectivity index (χ1v) is 6.53. The summed E-state index contributed by atoms with van der Waals surface area (Å²) in [4.78, 5) is 14.0. The van der Waals surface area contributed by atoms with Crippen LogP contribution in [0.15, 0.2) is 34.7 Å². The van der Waals surface area contributed by atoms with E-state index in [0.29, 0.717) is 18.9 Å². The molecule has 1 aliphatic rings. The SMILES string of the molecule is O=C1CC[C@@H](c2n[nH]c(=S)o2)N1Cc1ccccc1.